The van der Waals surface area contributed by atoms with Crippen LogP contribution in [0.25, 0.3) is 0 Å². The van der Waals surface area contributed by atoms with Crippen LogP contribution in [0.1, 0.15) is 99.1 Å². The highest BCUT2D eigenvalue weighted by Crippen LogP contribution is 2.41. The van der Waals surface area contributed by atoms with Gasteiger partial charge in [0.1, 0.15) is 36.8 Å². The third-order valence-corrected chi connectivity index (χ3v) is 15.5. The molecule has 0 radical (unpaired) electrons. The summed E-state index contributed by atoms with van der Waals surface area (Å²) in [6, 6.07) is 13.6. The molecule has 0 spiro atoms. The van der Waals surface area contributed by atoms with Crippen LogP contribution in [0.15, 0.2) is 69.6 Å². The highest BCUT2D eigenvalue weighted by molar-refractivity contribution is 7.90. The van der Waals surface area contributed by atoms with E-state index in [2.05, 4.69) is 15.5 Å². The van der Waals surface area contributed by atoms with Gasteiger partial charge in [-0.1, -0.05) is 75.3 Å². The molecule has 0 aliphatic carbocycles. The number of nitrogens with one attached hydrogen (secondary N) is 1. The number of hydrogen-bond donors (Lipinski definition) is 3. The standard InChI is InChI=1S/C53H76F2N4O14S/c1-12-42-53(9,65)48-33(4)44(56-35(6)60)31(2)26-51(7,69-30-39(29-68-48)58-70-28-37-16-14-13-15-17-37)47(34(5)46(63)52(8,55)50(64)72-42)73-49-45(62)41(24-32(3)71-49)59(10)23-22-43(61)57-38(27-54)25-36-18-20-40(21-19-36)74(11,66)67/h13-21,31-34,38,41-42,45,47-49,62,65H,12,22-30H2,1-11H3,(H,57,61)/b56-44?,58-39+/t31-,32-,33+,34+,38?,41+,42-,45-,47-,48?,49+,51?,52?,53?/m1/s1. The average molecular weight is 1060 g/mol. The van der Waals surface area contributed by atoms with E-state index in [0.29, 0.717) is 5.56 Å². The van der Waals surface area contributed by atoms with Crippen LogP contribution in [0.3, 0.4) is 0 Å². The molecule has 412 valence electrons. The Bertz CT molecular complexity index is 2430. The normalized spacial score (nSPS) is 34.3. The number of ether oxygens (including phenoxy) is 5. The van der Waals surface area contributed by atoms with E-state index in [9.17, 15) is 42.2 Å². The second kappa shape index (κ2) is 25.5. The number of ketones is 1. The molecule has 18 nitrogen and oxygen atoms in total. The highest BCUT2D eigenvalue weighted by Gasteiger charge is 2.57. The van der Waals surface area contributed by atoms with Crippen LogP contribution >= 0.6 is 0 Å². The fourth-order valence-corrected chi connectivity index (χ4v) is 11.0. The molecule has 2 amide bonds. The first kappa shape index (κ1) is 60.3. The number of fused-ring (bicyclic) bond motifs is 5. The van der Waals surface area contributed by atoms with Gasteiger partial charge in [-0.3, -0.25) is 14.4 Å². The fraction of sp³-hybridized carbons (Fsp3) is 0.660. The lowest BCUT2D eigenvalue weighted by atomic mass is 9.73. The largest absolute Gasteiger partial charge is 0.457 e. The second-order valence-electron chi connectivity index (χ2n) is 20.8. The Morgan fingerprint density at radius 3 is 2.27 bits per heavy atom. The summed E-state index contributed by atoms with van der Waals surface area (Å²) in [4.78, 5) is 67.0. The first-order valence-corrected chi connectivity index (χ1v) is 27.1. The van der Waals surface area contributed by atoms with E-state index in [1.807, 2.05) is 30.3 Å². The Morgan fingerprint density at radius 1 is 1.00 bits per heavy atom. The van der Waals surface area contributed by atoms with E-state index in [1.165, 1.54) is 32.9 Å². The van der Waals surface area contributed by atoms with Crippen molar-refractivity contribution < 1.29 is 75.1 Å². The van der Waals surface area contributed by atoms with Crippen molar-refractivity contribution >= 4 is 44.8 Å². The van der Waals surface area contributed by atoms with Gasteiger partial charge in [-0.05, 0) is 89.6 Å². The third kappa shape index (κ3) is 15.1. The van der Waals surface area contributed by atoms with Crippen LogP contribution in [-0.2, 0) is 70.6 Å². The number of cyclic esters (lactones) is 1. The Morgan fingerprint density at radius 2 is 1.66 bits per heavy atom. The fourth-order valence-electron chi connectivity index (χ4n) is 10.4. The van der Waals surface area contributed by atoms with Crippen LogP contribution in [0.5, 0.6) is 0 Å². The number of likely N-dealkylation sites (N-methyl/N-ethyl adjacent to an activating group) is 1. The van der Waals surface area contributed by atoms with E-state index >= 15 is 4.39 Å². The van der Waals surface area contributed by atoms with E-state index in [1.54, 1.807) is 58.7 Å². The number of benzene rings is 2. The maximum Gasteiger partial charge on any atom is 0.351 e. The van der Waals surface area contributed by atoms with Gasteiger partial charge in [0.25, 0.3) is 5.67 Å². The average Bonchev–Trinajstić information content (AvgIpc) is 3.35. The molecule has 5 unspecified atom stereocenters. The number of carbonyl (C=O) groups is 4. The lowest BCUT2D eigenvalue weighted by Gasteiger charge is -2.48. The number of carbonyl (C=O) groups excluding carboxylic acids is 4. The predicted molar refractivity (Wildman–Crippen MR) is 270 cm³/mol. The monoisotopic (exact) mass is 1060 g/mol. The van der Waals surface area contributed by atoms with Crippen molar-refractivity contribution in [3.8, 4) is 0 Å². The van der Waals surface area contributed by atoms with Crippen molar-refractivity contribution in [2.24, 2.45) is 27.9 Å². The zero-order valence-electron chi connectivity index (χ0n) is 44.4. The number of rotatable bonds is 15. The quantitative estimate of drug-likeness (QED) is 0.120. The number of esters is 1. The molecular weight excluding hydrogens is 987 g/mol. The number of sulfone groups is 1. The molecule has 2 aromatic rings. The molecule has 3 saturated heterocycles. The summed E-state index contributed by atoms with van der Waals surface area (Å²) in [6.07, 6.45) is -6.63. The summed E-state index contributed by atoms with van der Waals surface area (Å²) in [7, 11) is -1.75. The van der Waals surface area contributed by atoms with Crippen molar-refractivity contribution in [1.29, 1.82) is 0 Å². The van der Waals surface area contributed by atoms with Crippen molar-refractivity contribution in [1.82, 2.24) is 10.2 Å². The topological polar surface area (TPSA) is 238 Å². The Balaban J connectivity index is 1.51. The number of aliphatic hydroxyl groups excluding tert-OH is 1. The molecule has 3 aliphatic rings. The molecule has 3 heterocycles. The van der Waals surface area contributed by atoms with Crippen LogP contribution < -0.4 is 5.32 Å². The number of aliphatic hydroxyl groups is 2. The zero-order valence-corrected chi connectivity index (χ0v) is 45.2. The summed E-state index contributed by atoms with van der Waals surface area (Å²) >= 11 is 0. The number of nitrogens with zero attached hydrogens (tertiary/aromatic N) is 3. The Labute approximate surface area is 433 Å². The maximum atomic E-state index is 17.2. The smallest absolute Gasteiger partial charge is 0.351 e. The van der Waals surface area contributed by atoms with Gasteiger partial charge in [-0.25, -0.2) is 27.0 Å². The molecule has 14 atom stereocenters. The third-order valence-electron chi connectivity index (χ3n) is 14.4. The van der Waals surface area contributed by atoms with Gasteiger partial charge in [0, 0.05) is 49.7 Å². The minimum absolute atomic E-state index is 0.0488. The number of hydrogen-bond acceptors (Lipinski definition) is 16. The van der Waals surface area contributed by atoms with Crippen LogP contribution in [0.2, 0.25) is 0 Å². The van der Waals surface area contributed by atoms with Gasteiger partial charge in [-0.15, -0.1) is 0 Å². The number of amides is 2. The number of Topliss-reactive ketones (excluding diaryl/α,β-unsaturated/α-hetero) is 1. The Hall–Kier alpha value is -4.61. The van der Waals surface area contributed by atoms with Crippen molar-refractivity contribution in [3.63, 3.8) is 0 Å². The molecule has 3 N–H and O–H groups in total. The molecule has 5 rings (SSSR count). The van der Waals surface area contributed by atoms with Crippen molar-refractivity contribution in [3.05, 3.63) is 65.7 Å². The van der Waals surface area contributed by atoms with Crippen LogP contribution in [-0.4, -0.2) is 164 Å². The molecule has 3 fully saturated rings. The minimum Gasteiger partial charge on any atom is -0.457 e. The van der Waals surface area contributed by atoms with Gasteiger partial charge in [-0.2, -0.15) is 0 Å². The molecule has 2 aromatic carbocycles. The summed E-state index contributed by atoms with van der Waals surface area (Å²) in [6.45, 7) is 11.8. The van der Waals surface area contributed by atoms with Gasteiger partial charge in [0.15, 0.2) is 21.9 Å². The lowest BCUT2D eigenvalue weighted by Crippen LogP contribution is -2.62. The summed E-state index contributed by atoms with van der Waals surface area (Å²) in [5.74, 6) is -7.00. The number of aliphatic imine (C=N–C) groups is 1. The van der Waals surface area contributed by atoms with Gasteiger partial charge in [0.2, 0.25) is 11.8 Å². The number of alkyl halides is 2. The van der Waals surface area contributed by atoms with E-state index < -0.39 is 124 Å². The summed E-state index contributed by atoms with van der Waals surface area (Å²) in [5, 5.41) is 31.7. The molecule has 0 aromatic heterocycles. The van der Waals surface area contributed by atoms with Gasteiger partial charge in [0.05, 0.1) is 48.1 Å². The minimum atomic E-state index is -3.43. The summed E-state index contributed by atoms with van der Waals surface area (Å²) in [5.41, 5.74) is -5.20. The summed E-state index contributed by atoms with van der Waals surface area (Å²) < 4.78 is 87.3. The first-order valence-electron chi connectivity index (χ1n) is 25.2. The van der Waals surface area contributed by atoms with E-state index in [0.717, 1.165) is 18.7 Å². The Kier molecular flexibility index (Phi) is 20.8. The first-order chi connectivity index (χ1) is 34.6. The molecule has 2 bridgehead atoms. The van der Waals surface area contributed by atoms with Crippen molar-refractivity contribution in [2.75, 3.05) is 39.7 Å². The second-order valence-corrected chi connectivity index (χ2v) is 22.8. The van der Waals surface area contributed by atoms with E-state index in [-0.39, 0.29) is 74.8 Å². The van der Waals surface area contributed by atoms with Crippen molar-refractivity contribution in [2.45, 2.75) is 172 Å². The van der Waals surface area contributed by atoms with E-state index in [4.69, 9.17) is 28.5 Å². The maximum absolute atomic E-state index is 17.2. The molecule has 0 saturated carbocycles. The predicted octanol–water partition coefficient (Wildman–Crippen LogP) is 5.07. The van der Waals surface area contributed by atoms with Gasteiger partial charge >= 0.3 is 5.97 Å². The number of oxime groups is 1. The zero-order chi connectivity index (χ0) is 54.9. The van der Waals surface area contributed by atoms with Crippen LogP contribution in [0.4, 0.5) is 8.78 Å². The lowest BCUT2D eigenvalue weighted by molar-refractivity contribution is -0.297. The molecule has 3 aliphatic heterocycles. The SMILES string of the molecule is CC[C@H]1OC(=O)C(C)(F)C(=O)[C@H](C)[C@@H](O[C@@H]2O[C@H](C)C[C@H](N(C)CCC(=O)NC(CF)Cc3ccc(S(C)(=O)=O)cc3)[C@H]2O)C2(C)C[C@@H](C)C(=NC(C)=O)[C@H](C)C(OC/C(=N\OCc3ccccc3)CO2)C1(C)O. The van der Waals surface area contributed by atoms with Gasteiger partial charge < -0.3 is 49.0 Å². The molecular formula is C53H76F2N4O14S. The molecule has 21 heteroatoms. The van der Waals surface area contributed by atoms with Crippen LogP contribution in [0, 0.1) is 17.8 Å². The molecule has 74 heavy (non-hydrogen) atoms. The highest BCUT2D eigenvalue weighted by atomic mass is 32.2. The number of halogens is 2.